The molecule has 2 aromatic carbocycles. The van der Waals surface area contributed by atoms with E-state index < -0.39 is 5.97 Å². The van der Waals surface area contributed by atoms with E-state index in [1.165, 1.54) is 0 Å². The zero-order chi connectivity index (χ0) is 28.5. The monoisotopic (exact) mass is 563 g/mol. The zero-order valence-corrected chi connectivity index (χ0v) is 23.4. The molecule has 0 amide bonds. The molecule has 3 aromatic heterocycles. The maximum absolute atomic E-state index is 11.6. The first-order valence-corrected chi connectivity index (χ1v) is 14.6. The highest BCUT2D eigenvalue weighted by molar-refractivity contribution is 5.92. The third-order valence-electron chi connectivity index (χ3n) is 8.48. The van der Waals surface area contributed by atoms with E-state index in [0.717, 1.165) is 78.0 Å². The van der Waals surface area contributed by atoms with E-state index in [-0.39, 0.29) is 11.7 Å². The number of carbonyl (C=O) groups is 1. The van der Waals surface area contributed by atoms with Crippen molar-refractivity contribution in [2.75, 3.05) is 19.7 Å². The van der Waals surface area contributed by atoms with Crippen LogP contribution < -0.4 is 4.74 Å². The number of aromatic nitrogens is 4. The topological polar surface area (TPSA) is 103 Å². The van der Waals surface area contributed by atoms with Crippen molar-refractivity contribution >= 4 is 27.9 Å². The number of aromatic carboxylic acids is 1. The Morgan fingerprint density at radius 2 is 1.83 bits per heavy atom. The Morgan fingerprint density at radius 3 is 2.64 bits per heavy atom. The lowest BCUT2D eigenvalue weighted by molar-refractivity contribution is -0.0592. The highest BCUT2D eigenvalue weighted by Gasteiger charge is 2.26. The predicted molar refractivity (Wildman–Crippen MR) is 159 cm³/mol. The van der Waals surface area contributed by atoms with Gasteiger partial charge in [-0.2, -0.15) is 0 Å². The number of ether oxygens (including phenoxy) is 2. The summed E-state index contributed by atoms with van der Waals surface area (Å²) < 4.78 is 14.0. The van der Waals surface area contributed by atoms with Gasteiger partial charge in [-0.05, 0) is 74.3 Å². The molecule has 9 heteroatoms. The molecule has 5 aromatic rings. The lowest BCUT2D eigenvalue weighted by Crippen LogP contribution is -2.35. The second kappa shape index (κ2) is 11.5. The average molecular weight is 564 g/mol. The highest BCUT2D eigenvalue weighted by Crippen LogP contribution is 2.30. The minimum Gasteiger partial charge on any atom is -0.478 e. The minimum atomic E-state index is -0.929. The quantitative estimate of drug-likeness (QED) is 0.254. The summed E-state index contributed by atoms with van der Waals surface area (Å²) in [5, 5.41) is 10.6. The molecule has 2 aliphatic heterocycles. The molecule has 1 N–H and O–H groups in total. The molecule has 1 unspecified atom stereocenters. The van der Waals surface area contributed by atoms with Gasteiger partial charge in [0, 0.05) is 35.9 Å². The molecule has 0 saturated carbocycles. The van der Waals surface area contributed by atoms with Gasteiger partial charge >= 0.3 is 5.97 Å². The summed E-state index contributed by atoms with van der Waals surface area (Å²) in [5.41, 5.74) is 5.08. The standard InChI is InChI=1S/C33H33N5O4/c39-33(40)23-9-10-29-30(18-23)38(19-25-13-17-41-25)31(35-29)20-37-15-11-22(12-16-37)27-6-2-8-32(36-27)42-21-24-4-1-7-28-26(24)5-3-14-34-28/h1-10,14,18,22,25H,11-13,15-17,19-21H2,(H,39,40). The molecule has 0 spiro atoms. The van der Waals surface area contributed by atoms with Crippen LogP contribution in [0.3, 0.4) is 0 Å². The number of piperidine rings is 1. The molecular formula is C33H33N5O4. The van der Waals surface area contributed by atoms with E-state index >= 15 is 0 Å². The summed E-state index contributed by atoms with van der Waals surface area (Å²) in [6.07, 6.45) is 4.97. The van der Waals surface area contributed by atoms with Gasteiger partial charge in [-0.1, -0.05) is 24.3 Å². The molecular weight excluding hydrogens is 530 g/mol. The SMILES string of the molecule is O=C(O)c1ccc2nc(CN3CCC(c4cccc(OCc5cccc6ncccc56)n4)CC3)n(CC3CCO3)c2c1. The van der Waals surface area contributed by atoms with Crippen molar-refractivity contribution in [3.8, 4) is 5.88 Å². The van der Waals surface area contributed by atoms with Gasteiger partial charge in [0.15, 0.2) is 0 Å². The molecule has 9 nitrogen and oxygen atoms in total. The number of imidazole rings is 1. The van der Waals surface area contributed by atoms with Gasteiger partial charge in [0.25, 0.3) is 0 Å². The molecule has 0 radical (unpaired) electrons. The molecule has 2 fully saturated rings. The third kappa shape index (κ3) is 5.45. The van der Waals surface area contributed by atoms with Gasteiger partial charge in [-0.3, -0.25) is 9.88 Å². The number of hydrogen-bond acceptors (Lipinski definition) is 7. The van der Waals surface area contributed by atoms with Crippen LogP contribution in [0.4, 0.5) is 0 Å². The summed E-state index contributed by atoms with van der Waals surface area (Å²) in [6, 6.07) is 21.3. The van der Waals surface area contributed by atoms with E-state index in [0.29, 0.717) is 31.5 Å². The van der Waals surface area contributed by atoms with Crippen LogP contribution >= 0.6 is 0 Å². The Hall–Kier alpha value is -4.34. The number of hydrogen-bond donors (Lipinski definition) is 1. The highest BCUT2D eigenvalue weighted by atomic mass is 16.5. The number of rotatable bonds is 9. The normalized spacial score (nSPS) is 17.9. The third-order valence-corrected chi connectivity index (χ3v) is 8.48. The van der Waals surface area contributed by atoms with Crippen LogP contribution in [0.5, 0.6) is 5.88 Å². The molecule has 2 aliphatic rings. The van der Waals surface area contributed by atoms with Crippen molar-refractivity contribution in [3.05, 3.63) is 95.6 Å². The largest absolute Gasteiger partial charge is 0.478 e. The predicted octanol–water partition coefficient (Wildman–Crippen LogP) is 5.43. The summed E-state index contributed by atoms with van der Waals surface area (Å²) in [5.74, 6) is 1.04. The van der Waals surface area contributed by atoms with Gasteiger partial charge in [0.05, 0.1) is 41.3 Å². The fraction of sp³-hybridized carbons (Fsp3) is 0.333. The minimum absolute atomic E-state index is 0.151. The molecule has 2 saturated heterocycles. The van der Waals surface area contributed by atoms with Crippen molar-refractivity contribution in [1.29, 1.82) is 0 Å². The van der Waals surface area contributed by atoms with Crippen LogP contribution in [0.2, 0.25) is 0 Å². The molecule has 7 rings (SSSR count). The Kier molecular flexibility index (Phi) is 7.27. The zero-order valence-electron chi connectivity index (χ0n) is 23.4. The number of carboxylic acid groups (broad SMARTS) is 1. The van der Waals surface area contributed by atoms with Gasteiger partial charge in [0.1, 0.15) is 12.4 Å². The van der Waals surface area contributed by atoms with Crippen LogP contribution in [0.15, 0.2) is 72.9 Å². The van der Waals surface area contributed by atoms with Crippen LogP contribution in [-0.2, 0) is 24.4 Å². The van der Waals surface area contributed by atoms with E-state index in [1.807, 2.05) is 36.4 Å². The molecule has 0 bridgehead atoms. The molecule has 42 heavy (non-hydrogen) atoms. The van der Waals surface area contributed by atoms with Crippen LogP contribution in [0.25, 0.3) is 21.9 Å². The van der Waals surface area contributed by atoms with Crippen molar-refractivity contribution in [3.63, 3.8) is 0 Å². The van der Waals surface area contributed by atoms with Crippen LogP contribution in [-0.4, -0.2) is 61.3 Å². The van der Waals surface area contributed by atoms with Gasteiger partial charge in [-0.25, -0.2) is 14.8 Å². The van der Waals surface area contributed by atoms with E-state index in [2.05, 4.69) is 32.7 Å². The Balaban J connectivity index is 1.01. The van der Waals surface area contributed by atoms with Crippen molar-refractivity contribution in [1.82, 2.24) is 24.4 Å². The Bertz CT molecular complexity index is 1730. The first-order valence-electron chi connectivity index (χ1n) is 14.6. The van der Waals surface area contributed by atoms with E-state index in [1.54, 1.807) is 18.3 Å². The van der Waals surface area contributed by atoms with Gasteiger partial charge < -0.3 is 19.1 Å². The molecule has 0 aliphatic carbocycles. The van der Waals surface area contributed by atoms with E-state index in [9.17, 15) is 9.90 Å². The maximum Gasteiger partial charge on any atom is 0.335 e. The lowest BCUT2D eigenvalue weighted by atomic mass is 9.93. The molecule has 1 atom stereocenters. The summed E-state index contributed by atoms with van der Waals surface area (Å²) >= 11 is 0. The summed E-state index contributed by atoms with van der Waals surface area (Å²) in [4.78, 5) is 28.3. The number of carboxylic acids is 1. The number of pyridine rings is 2. The fourth-order valence-corrected chi connectivity index (χ4v) is 6.03. The Morgan fingerprint density at radius 1 is 0.976 bits per heavy atom. The molecule has 5 heterocycles. The summed E-state index contributed by atoms with van der Waals surface area (Å²) in [7, 11) is 0. The van der Waals surface area contributed by atoms with Crippen molar-refractivity contribution in [2.45, 2.75) is 51.0 Å². The second-order valence-electron chi connectivity index (χ2n) is 11.2. The van der Waals surface area contributed by atoms with Crippen LogP contribution in [0, 0.1) is 0 Å². The van der Waals surface area contributed by atoms with Crippen molar-refractivity contribution < 1.29 is 19.4 Å². The Labute approximate surface area is 243 Å². The van der Waals surface area contributed by atoms with Crippen molar-refractivity contribution in [2.24, 2.45) is 0 Å². The first kappa shape index (κ1) is 26.6. The summed E-state index contributed by atoms with van der Waals surface area (Å²) in [6.45, 7) is 4.50. The maximum atomic E-state index is 11.6. The van der Waals surface area contributed by atoms with Gasteiger partial charge in [-0.15, -0.1) is 0 Å². The fourth-order valence-electron chi connectivity index (χ4n) is 6.03. The number of benzene rings is 2. The number of likely N-dealkylation sites (tertiary alicyclic amines) is 1. The smallest absolute Gasteiger partial charge is 0.335 e. The lowest BCUT2D eigenvalue weighted by Gasteiger charge is -2.32. The first-order chi connectivity index (χ1) is 20.6. The van der Waals surface area contributed by atoms with Crippen LogP contribution in [0.1, 0.15) is 52.6 Å². The van der Waals surface area contributed by atoms with E-state index in [4.69, 9.17) is 19.4 Å². The number of fused-ring (bicyclic) bond motifs is 2. The van der Waals surface area contributed by atoms with Gasteiger partial charge in [0.2, 0.25) is 5.88 Å². The second-order valence-corrected chi connectivity index (χ2v) is 11.2. The molecule has 214 valence electrons. The number of nitrogens with zero attached hydrogens (tertiary/aromatic N) is 5. The average Bonchev–Trinajstić information content (AvgIpc) is 3.34.